The third-order valence-electron chi connectivity index (χ3n) is 6.42. The number of ether oxygens (including phenoxy) is 2. The van der Waals surface area contributed by atoms with Crippen LogP contribution in [0.15, 0.2) is 18.2 Å². The number of hydrogen-bond donors (Lipinski definition) is 0. The second kappa shape index (κ2) is 5.05. The fourth-order valence-corrected chi connectivity index (χ4v) is 8.50. The molecule has 5 rings (SSSR count). The predicted molar refractivity (Wildman–Crippen MR) is 99.2 cm³/mol. The first kappa shape index (κ1) is 18.7. The maximum absolute atomic E-state index is 13.4. The van der Waals surface area contributed by atoms with Crippen LogP contribution in [0.25, 0.3) is 0 Å². The van der Waals surface area contributed by atoms with Gasteiger partial charge < -0.3 is 19.3 Å². The standard InChI is InChI=1S/C18H15F2N3O4S2/c1-15(8-21)7-17-14(25)22(3)16(2,29(17)28)13(24)23(17)12(15)9-4-5-10-11(6-9)27-18(19,20)26-10/h4-6,12H,7H2,1-3H3/t12?,15-,16+,17+,29?/m1/s1. The van der Waals surface area contributed by atoms with Gasteiger partial charge in [-0.15, -0.1) is 8.78 Å². The molecular formula is C18H15F2N3O4S2. The molecule has 0 saturated carbocycles. The van der Waals surface area contributed by atoms with Crippen molar-refractivity contribution in [2.75, 3.05) is 7.05 Å². The molecule has 1 aromatic rings. The molecule has 0 aromatic heterocycles. The zero-order chi connectivity index (χ0) is 21.1. The van der Waals surface area contributed by atoms with Crippen LogP contribution in [0.4, 0.5) is 8.78 Å². The molecule has 0 radical (unpaired) electrons. The monoisotopic (exact) mass is 439 g/mol. The zero-order valence-electron chi connectivity index (χ0n) is 15.6. The second-order valence-corrected chi connectivity index (χ2v) is 11.1. The summed E-state index contributed by atoms with van der Waals surface area (Å²) in [5, 5.41) is 9.98. The number of rotatable bonds is 1. The van der Waals surface area contributed by atoms with Crippen LogP contribution in [-0.2, 0) is 30.2 Å². The summed E-state index contributed by atoms with van der Waals surface area (Å²) in [5.41, 5.74) is -0.726. The molecule has 3 fully saturated rings. The van der Waals surface area contributed by atoms with Gasteiger partial charge in [0.2, 0.25) is 0 Å². The first-order valence-electron chi connectivity index (χ1n) is 8.77. The van der Waals surface area contributed by atoms with Gasteiger partial charge in [-0.2, -0.15) is 5.26 Å². The third-order valence-corrected chi connectivity index (χ3v) is 10.5. The Labute approximate surface area is 171 Å². The van der Waals surface area contributed by atoms with Gasteiger partial charge in [0.15, 0.2) is 21.2 Å². The summed E-state index contributed by atoms with van der Waals surface area (Å²) in [7, 11) is 0.475. The lowest BCUT2D eigenvalue weighted by Crippen LogP contribution is -2.60. The zero-order valence-corrected chi connectivity index (χ0v) is 17.2. The maximum atomic E-state index is 13.4. The van der Waals surface area contributed by atoms with E-state index in [4.69, 9.17) is 11.2 Å². The summed E-state index contributed by atoms with van der Waals surface area (Å²) in [4.78, 5) is 27.0. The number of hydrogen-bond acceptors (Lipinski definition) is 6. The summed E-state index contributed by atoms with van der Waals surface area (Å²) in [5.74, 6) is -0.929. The van der Waals surface area contributed by atoms with E-state index in [-0.39, 0.29) is 29.7 Å². The Morgan fingerprint density at radius 3 is 2.55 bits per heavy atom. The molecule has 4 aliphatic rings. The number of nitrogens with zero attached hydrogens (tertiary/aromatic N) is 3. The van der Waals surface area contributed by atoms with Crippen molar-refractivity contribution in [3.05, 3.63) is 23.8 Å². The summed E-state index contributed by atoms with van der Waals surface area (Å²) in [6.07, 6.45) is -3.69. The molecule has 4 heterocycles. The van der Waals surface area contributed by atoms with E-state index in [0.717, 1.165) is 0 Å². The highest BCUT2D eigenvalue weighted by atomic mass is 32.8. The Balaban J connectivity index is 1.69. The van der Waals surface area contributed by atoms with Crippen molar-refractivity contribution in [3.63, 3.8) is 0 Å². The number of piperazine rings is 1. The van der Waals surface area contributed by atoms with E-state index in [2.05, 4.69) is 15.5 Å². The quantitative estimate of drug-likeness (QED) is 0.664. The highest BCUT2D eigenvalue weighted by Crippen LogP contribution is 2.65. The minimum atomic E-state index is -3.78. The summed E-state index contributed by atoms with van der Waals surface area (Å²) >= 11 is 5.70. The van der Waals surface area contributed by atoms with Crippen LogP contribution >= 0.6 is 0 Å². The number of fused-ring (bicyclic) bond motifs is 2. The van der Waals surface area contributed by atoms with Crippen LogP contribution in [0.3, 0.4) is 0 Å². The lowest BCUT2D eigenvalue weighted by Gasteiger charge is -2.39. The van der Waals surface area contributed by atoms with Crippen LogP contribution < -0.4 is 9.47 Å². The van der Waals surface area contributed by atoms with E-state index < -0.39 is 36.9 Å². The molecule has 0 N–H and O–H groups in total. The molecule has 5 atom stereocenters. The highest BCUT2D eigenvalue weighted by Gasteiger charge is 2.80. The summed E-state index contributed by atoms with van der Waals surface area (Å²) < 4.78 is 35.8. The fourth-order valence-electron chi connectivity index (χ4n) is 4.98. The molecule has 11 heteroatoms. The maximum Gasteiger partial charge on any atom is 0.586 e. The number of amides is 2. The number of carbonyl (C=O) groups is 2. The topological polar surface area (TPSA) is 82.9 Å². The number of halogens is 2. The average molecular weight is 439 g/mol. The predicted octanol–water partition coefficient (Wildman–Crippen LogP) is 1.79. The molecular weight excluding hydrogens is 424 g/mol. The molecule has 1 aromatic carbocycles. The fraction of sp³-hybridized carbons (Fsp3) is 0.500. The van der Waals surface area contributed by atoms with Crippen molar-refractivity contribution in [2.24, 2.45) is 5.41 Å². The molecule has 2 unspecified atom stereocenters. The Hall–Kier alpha value is -2.32. The Kier molecular flexibility index (Phi) is 3.25. The van der Waals surface area contributed by atoms with Crippen LogP contribution in [0.5, 0.6) is 11.5 Å². The van der Waals surface area contributed by atoms with Crippen molar-refractivity contribution in [1.29, 1.82) is 5.26 Å². The van der Waals surface area contributed by atoms with Crippen molar-refractivity contribution in [1.82, 2.24) is 9.80 Å². The molecule has 0 aliphatic carbocycles. The van der Waals surface area contributed by atoms with Crippen molar-refractivity contribution < 1.29 is 27.8 Å². The molecule has 29 heavy (non-hydrogen) atoms. The largest absolute Gasteiger partial charge is 0.586 e. The van der Waals surface area contributed by atoms with Crippen molar-refractivity contribution in [2.45, 2.75) is 42.3 Å². The van der Waals surface area contributed by atoms with E-state index in [9.17, 15) is 23.6 Å². The highest BCUT2D eigenvalue weighted by molar-refractivity contribution is 8.31. The number of benzene rings is 1. The lowest BCUT2D eigenvalue weighted by molar-refractivity contribution is -0.286. The van der Waals surface area contributed by atoms with E-state index >= 15 is 0 Å². The van der Waals surface area contributed by atoms with Gasteiger partial charge in [-0.25, -0.2) is 0 Å². The van der Waals surface area contributed by atoms with Crippen molar-refractivity contribution in [3.8, 4) is 17.6 Å². The van der Waals surface area contributed by atoms with Gasteiger partial charge >= 0.3 is 6.29 Å². The summed E-state index contributed by atoms with van der Waals surface area (Å²) in [6.45, 7) is 3.31. The van der Waals surface area contributed by atoms with Gasteiger partial charge in [-0.3, -0.25) is 9.59 Å². The van der Waals surface area contributed by atoms with E-state index in [1.54, 1.807) is 20.9 Å². The van der Waals surface area contributed by atoms with Gasteiger partial charge in [-0.1, -0.05) is 15.5 Å². The first-order chi connectivity index (χ1) is 13.4. The van der Waals surface area contributed by atoms with Gasteiger partial charge in [0.05, 0.1) is 17.5 Å². The second-order valence-electron chi connectivity index (χ2n) is 8.06. The van der Waals surface area contributed by atoms with Crippen LogP contribution in [0.2, 0.25) is 0 Å². The van der Waals surface area contributed by atoms with E-state index in [0.29, 0.717) is 5.56 Å². The molecule has 4 aliphatic heterocycles. The minimum absolute atomic E-state index is 0.0862. The normalized spacial score (nSPS) is 41.1. The lowest BCUT2D eigenvalue weighted by atomic mass is 9.79. The number of alkyl halides is 2. The Morgan fingerprint density at radius 1 is 1.24 bits per heavy atom. The SMILES string of the molecule is CN1C(=O)[C@@]23C[C@](C)(C#N)C(c4ccc5c(c4)OC(F)(F)O5)N2C(=O)[C@]1(C)S3=S. The Morgan fingerprint density at radius 2 is 1.90 bits per heavy atom. The van der Waals surface area contributed by atoms with Crippen LogP contribution in [0.1, 0.15) is 31.9 Å². The number of likely N-dealkylation sites (N-methyl/N-ethyl adjacent to an activating group) is 1. The molecule has 3 saturated heterocycles. The van der Waals surface area contributed by atoms with E-state index in [1.165, 1.54) is 28.0 Å². The molecule has 152 valence electrons. The van der Waals surface area contributed by atoms with Crippen LogP contribution in [-0.4, -0.2) is 44.7 Å². The Bertz CT molecular complexity index is 1090. The van der Waals surface area contributed by atoms with Crippen LogP contribution in [0, 0.1) is 16.7 Å². The minimum Gasteiger partial charge on any atom is -0.395 e. The summed E-state index contributed by atoms with van der Waals surface area (Å²) in [6, 6.07) is 5.58. The van der Waals surface area contributed by atoms with Gasteiger partial charge in [-0.05, 0) is 42.7 Å². The first-order valence-corrected chi connectivity index (χ1v) is 10.9. The average Bonchev–Trinajstić information content (AvgIpc) is 3.22. The molecule has 7 nitrogen and oxygen atoms in total. The van der Waals surface area contributed by atoms with E-state index in [1.807, 2.05) is 0 Å². The smallest absolute Gasteiger partial charge is 0.395 e. The third kappa shape index (κ3) is 1.87. The number of carbonyl (C=O) groups excluding carboxylic acids is 2. The molecule has 1 spiro atoms. The number of nitriles is 1. The van der Waals surface area contributed by atoms with Gasteiger partial charge in [0.25, 0.3) is 11.8 Å². The molecule has 2 amide bonds. The molecule has 2 bridgehead atoms. The van der Waals surface area contributed by atoms with Gasteiger partial charge in [0, 0.05) is 13.5 Å². The van der Waals surface area contributed by atoms with Gasteiger partial charge in [0.1, 0.15) is 0 Å². The van der Waals surface area contributed by atoms with Crippen molar-refractivity contribution >= 4 is 32.5 Å².